The van der Waals surface area contributed by atoms with E-state index in [0.717, 1.165) is 39.9 Å². The lowest BCUT2D eigenvalue weighted by Gasteiger charge is -2.11. The lowest BCUT2D eigenvalue weighted by Crippen LogP contribution is -2.15. The van der Waals surface area contributed by atoms with Gasteiger partial charge in [0.15, 0.2) is 29.5 Å². The second-order valence-electron chi connectivity index (χ2n) is 8.31. The van der Waals surface area contributed by atoms with Gasteiger partial charge in [-0.25, -0.2) is 9.50 Å². The highest BCUT2D eigenvalue weighted by Gasteiger charge is 2.18. The summed E-state index contributed by atoms with van der Waals surface area (Å²) >= 11 is 0. The smallest absolute Gasteiger partial charge is 0.306 e. The van der Waals surface area contributed by atoms with Crippen LogP contribution in [0.25, 0.3) is 16.6 Å². The Morgan fingerprint density at radius 2 is 1.85 bits per heavy atom. The van der Waals surface area contributed by atoms with Crippen LogP contribution in [0.3, 0.4) is 0 Å². The molecule has 2 aromatic heterocycles. The number of carbonyl (C=O) groups is 2. The number of Topliss-reactive ketones (excluding diaryl/α,β-unsaturated/α-hetero) is 1. The lowest BCUT2D eigenvalue weighted by atomic mass is 10.1. The molecule has 4 aromatic rings. The number of hydrogen-bond donors (Lipinski definition) is 0. The zero-order valence-electron chi connectivity index (χ0n) is 19.2. The third-order valence-corrected chi connectivity index (χ3v) is 6.03. The summed E-state index contributed by atoms with van der Waals surface area (Å²) in [6.07, 6.45) is 1.38. The van der Waals surface area contributed by atoms with Crippen LogP contribution < -0.4 is 9.47 Å². The monoisotopic (exact) mass is 459 g/mol. The van der Waals surface area contributed by atoms with E-state index in [4.69, 9.17) is 19.2 Å². The Bertz CT molecular complexity index is 1410. The Kier molecular flexibility index (Phi) is 5.88. The number of esters is 1. The maximum absolute atomic E-state index is 12.5. The van der Waals surface area contributed by atoms with Crippen molar-refractivity contribution in [2.24, 2.45) is 0 Å². The van der Waals surface area contributed by atoms with E-state index >= 15 is 0 Å². The molecule has 8 nitrogen and oxygen atoms in total. The van der Waals surface area contributed by atoms with E-state index in [1.165, 1.54) is 0 Å². The van der Waals surface area contributed by atoms with E-state index in [1.54, 1.807) is 18.2 Å². The van der Waals surface area contributed by atoms with E-state index in [-0.39, 0.29) is 18.8 Å². The van der Waals surface area contributed by atoms with Gasteiger partial charge < -0.3 is 14.2 Å². The van der Waals surface area contributed by atoms with E-state index in [2.05, 4.69) is 5.10 Å². The first kappa shape index (κ1) is 21.9. The molecule has 0 fully saturated rings. The summed E-state index contributed by atoms with van der Waals surface area (Å²) in [6.45, 7) is 4.70. The molecule has 5 rings (SSSR count). The predicted molar refractivity (Wildman–Crippen MR) is 126 cm³/mol. The van der Waals surface area contributed by atoms with Gasteiger partial charge in [0, 0.05) is 35.2 Å². The largest absolute Gasteiger partial charge is 0.490 e. The average Bonchev–Trinajstić information content (AvgIpc) is 3.04. The molecule has 1 aliphatic heterocycles. The number of aromatic nitrogens is 3. The Labute approximate surface area is 196 Å². The molecule has 174 valence electrons. The zero-order chi connectivity index (χ0) is 23.7. The summed E-state index contributed by atoms with van der Waals surface area (Å²) in [5.74, 6) is 0.428. The normalized spacial score (nSPS) is 13.1. The van der Waals surface area contributed by atoms with Crippen LogP contribution >= 0.6 is 0 Å². The third-order valence-electron chi connectivity index (χ3n) is 6.03. The number of ether oxygens (including phenoxy) is 3. The third kappa shape index (κ3) is 4.19. The summed E-state index contributed by atoms with van der Waals surface area (Å²) in [7, 11) is 0. The Morgan fingerprint density at radius 1 is 1.06 bits per heavy atom. The Morgan fingerprint density at radius 3 is 2.71 bits per heavy atom. The van der Waals surface area contributed by atoms with Crippen molar-refractivity contribution in [1.82, 2.24) is 14.6 Å². The van der Waals surface area contributed by atoms with Gasteiger partial charge in [0.2, 0.25) is 0 Å². The van der Waals surface area contributed by atoms with Gasteiger partial charge in [-0.2, -0.15) is 5.10 Å². The number of ketones is 1. The van der Waals surface area contributed by atoms with E-state index in [0.29, 0.717) is 36.7 Å². The molecule has 0 radical (unpaired) electrons. The van der Waals surface area contributed by atoms with Crippen molar-refractivity contribution in [3.8, 4) is 11.5 Å². The molecule has 0 atom stereocenters. The molecular formula is C26H25N3O5. The maximum Gasteiger partial charge on any atom is 0.306 e. The molecule has 0 spiro atoms. The molecule has 1 aliphatic rings. The second kappa shape index (κ2) is 9.13. The maximum atomic E-state index is 12.5. The summed E-state index contributed by atoms with van der Waals surface area (Å²) in [6, 6.07) is 12.9. The Hall–Kier alpha value is -3.94. The van der Waals surface area contributed by atoms with Crippen molar-refractivity contribution in [2.75, 3.05) is 19.8 Å². The number of aryl methyl sites for hydroxylation is 2. The summed E-state index contributed by atoms with van der Waals surface area (Å²) < 4.78 is 18.3. The van der Waals surface area contributed by atoms with Gasteiger partial charge in [0.1, 0.15) is 0 Å². The molecule has 8 heteroatoms. The fraction of sp³-hybridized carbons (Fsp3) is 0.308. The van der Waals surface area contributed by atoms with Gasteiger partial charge in [-0.1, -0.05) is 12.1 Å². The molecular weight excluding hydrogens is 434 g/mol. The highest BCUT2D eigenvalue weighted by Crippen LogP contribution is 2.30. The lowest BCUT2D eigenvalue weighted by molar-refractivity contribution is -0.142. The average molecular weight is 460 g/mol. The number of benzene rings is 2. The molecule has 2 aromatic carbocycles. The molecule has 0 amide bonds. The molecule has 0 aliphatic carbocycles. The van der Waals surface area contributed by atoms with Crippen molar-refractivity contribution in [3.63, 3.8) is 0 Å². The molecule has 0 N–H and O–H groups in total. The summed E-state index contributed by atoms with van der Waals surface area (Å²) in [5, 5.41) is 5.64. The van der Waals surface area contributed by atoms with Crippen molar-refractivity contribution in [3.05, 3.63) is 65.0 Å². The van der Waals surface area contributed by atoms with Gasteiger partial charge in [-0.05, 0) is 56.2 Å². The summed E-state index contributed by atoms with van der Waals surface area (Å²) in [4.78, 5) is 29.7. The number of carbonyl (C=O) groups excluding carboxylic acids is 2. The highest BCUT2D eigenvalue weighted by molar-refractivity contribution is 5.98. The van der Waals surface area contributed by atoms with Crippen LogP contribution in [-0.2, 0) is 16.0 Å². The minimum Gasteiger partial charge on any atom is -0.490 e. The van der Waals surface area contributed by atoms with Gasteiger partial charge in [-0.3, -0.25) is 9.59 Å². The molecule has 0 bridgehead atoms. The molecule has 0 saturated carbocycles. The van der Waals surface area contributed by atoms with E-state index in [1.807, 2.05) is 42.6 Å². The first-order chi connectivity index (χ1) is 16.5. The van der Waals surface area contributed by atoms with Crippen molar-refractivity contribution in [2.45, 2.75) is 33.1 Å². The Balaban J connectivity index is 1.23. The predicted octanol–water partition coefficient (Wildman–Crippen LogP) is 4.02. The fourth-order valence-corrected chi connectivity index (χ4v) is 4.20. The van der Waals surface area contributed by atoms with Crippen LogP contribution in [0.4, 0.5) is 0 Å². The number of hydrogen-bond acceptors (Lipinski definition) is 7. The van der Waals surface area contributed by atoms with Gasteiger partial charge in [0.05, 0.1) is 18.7 Å². The standard InChI is InChI=1S/C26H25N3O5/c1-16-19(17(2)29-26(27-16)20-6-3-4-7-21(20)28-29)9-11-25(31)34-15-22(30)18-8-10-23-24(14-18)33-13-5-12-32-23/h3-4,6-8,10,14H,5,9,11-13,15H2,1-2H3. The first-order valence-electron chi connectivity index (χ1n) is 11.3. The summed E-state index contributed by atoms with van der Waals surface area (Å²) in [5.41, 5.74) is 4.84. The zero-order valence-corrected chi connectivity index (χ0v) is 19.2. The van der Waals surface area contributed by atoms with E-state index in [9.17, 15) is 9.59 Å². The van der Waals surface area contributed by atoms with Gasteiger partial charge >= 0.3 is 5.97 Å². The molecule has 0 saturated heterocycles. The van der Waals surface area contributed by atoms with Crippen LogP contribution in [0.1, 0.15) is 40.2 Å². The minimum atomic E-state index is -0.438. The first-order valence-corrected chi connectivity index (χ1v) is 11.3. The van der Waals surface area contributed by atoms with Crippen molar-refractivity contribution >= 4 is 28.3 Å². The number of nitrogens with zero attached hydrogens (tertiary/aromatic N) is 3. The topological polar surface area (TPSA) is 92.0 Å². The fourth-order valence-electron chi connectivity index (χ4n) is 4.20. The minimum absolute atomic E-state index is 0.143. The second-order valence-corrected chi connectivity index (χ2v) is 8.31. The van der Waals surface area contributed by atoms with E-state index < -0.39 is 5.97 Å². The number of rotatable bonds is 6. The van der Waals surface area contributed by atoms with Crippen molar-refractivity contribution < 1.29 is 23.8 Å². The van der Waals surface area contributed by atoms with Crippen LogP contribution in [0.15, 0.2) is 42.5 Å². The molecule has 34 heavy (non-hydrogen) atoms. The number of fused-ring (bicyclic) bond motifs is 4. The quantitative estimate of drug-likeness (QED) is 0.318. The highest BCUT2D eigenvalue weighted by atomic mass is 16.5. The van der Waals surface area contributed by atoms with Gasteiger partial charge in [0.25, 0.3) is 0 Å². The SMILES string of the molecule is Cc1nc2c3ccccc3nn2c(C)c1CCC(=O)OCC(=O)c1ccc2c(c1)OCCCO2. The van der Waals surface area contributed by atoms with Crippen LogP contribution in [0.5, 0.6) is 11.5 Å². The van der Waals surface area contributed by atoms with Crippen LogP contribution in [0.2, 0.25) is 0 Å². The molecule has 3 heterocycles. The van der Waals surface area contributed by atoms with Gasteiger partial charge in [-0.15, -0.1) is 0 Å². The van der Waals surface area contributed by atoms with Crippen LogP contribution in [0, 0.1) is 13.8 Å². The van der Waals surface area contributed by atoms with Crippen molar-refractivity contribution in [1.29, 1.82) is 0 Å². The van der Waals surface area contributed by atoms with Crippen LogP contribution in [-0.4, -0.2) is 46.2 Å². The molecule has 0 unspecified atom stereocenters.